The molecular formula is C20H18N8O4S. The molecule has 0 radical (unpaired) electrons. The highest BCUT2D eigenvalue weighted by Crippen LogP contribution is 2.18. The molecule has 0 atom stereocenters. The van der Waals surface area contributed by atoms with Crippen molar-refractivity contribution in [3.8, 4) is 17.0 Å². The van der Waals surface area contributed by atoms with Crippen LogP contribution in [0.25, 0.3) is 11.3 Å². The lowest BCUT2D eigenvalue weighted by Crippen LogP contribution is -2.18. The third-order valence-corrected chi connectivity index (χ3v) is 5.36. The molecule has 13 heteroatoms. The van der Waals surface area contributed by atoms with Gasteiger partial charge in [0, 0.05) is 31.2 Å². The zero-order valence-electron chi connectivity index (χ0n) is 17.3. The second-order valence-electron chi connectivity index (χ2n) is 6.77. The summed E-state index contributed by atoms with van der Waals surface area (Å²) in [6.45, 7) is 0. The van der Waals surface area contributed by atoms with Crippen LogP contribution in [0.15, 0.2) is 67.4 Å². The molecule has 33 heavy (non-hydrogen) atoms. The van der Waals surface area contributed by atoms with E-state index < -0.39 is 16.1 Å². The van der Waals surface area contributed by atoms with Gasteiger partial charge < -0.3 is 4.74 Å². The zero-order valence-corrected chi connectivity index (χ0v) is 18.1. The van der Waals surface area contributed by atoms with Gasteiger partial charge in [0.25, 0.3) is 0 Å². The Hall–Kier alpha value is -4.39. The second-order valence-corrected chi connectivity index (χ2v) is 8.49. The summed E-state index contributed by atoms with van der Waals surface area (Å²) in [4.78, 5) is 28.3. The summed E-state index contributed by atoms with van der Waals surface area (Å²) in [5.41, 5.74) is 1.55. The number of sulfonamides is 1. The lowest BCUT2D eigenvalue weighted by atomic mass is 10.2. The Bertz CT molecular complexity index is 1360. The normalized spacial score (nSPS) is 11.1. The van der Waals surface area contributed by atoms with Crippen LogP contribution in [-0.2, 0) is 22.8 Å². The number of nitrogens with zero attached hydrogens (tertiary/aromatic N) is 6. The van der Waals surface area contributed by atoms with Gasteiger partial charge in [-0.3, -0.25) is 14.7 Å². The van der Waals surface area contributed by atoms with Gasteiger partial charge in [-0.1, -0.05) is 30.3 Å². The number of rotatable bonds is 7. The Labute approximate surface area is 188 Å². The molecule has 0 spiro atoms. The van der Waals surface area contributed by atoms with Crippen molar-refractivity contribution in [3.63, 3.8) is 0 Å². The first kappa shape index (κ1) is 21.8. The highest BCUT2D eigenvalue weighted by molar-refractivity contribution is 7.91. The number of ether oxygens (including phenoxy) is 1. The van der Waals surface area contributed by atoms with Crippen LogP contribution < -0.4 is 14.8 Å². The van der Waals surface area contributed by atoms with E-state index in [1.165, 1.54) is 35.7 Å². The Morgan fingerprint density at radius 2 is 1.79 bits per heavy atom. The van der Waals surface area contributed by atoms with Gasteiger partial charge in [-0.15, -0.1) is 0 Å². The SMILES string of the molecule is Cn1cc(OC(=O)Nc2nccc(-c3cnc(NS(=O)(=O)Cc4ccccc4)nc3)n2)cn1. The van der Waals surface area contributed by atoms with E-state index in [2.05, 4.69) is 35.1 Å². The molecule has 3 aromatic heterocycles. The highest BCUT2D eigenvalue weighted by atomic mass is 32.2. The summed E-state index contributed by atoms with van der Waals surface area (Å²) >= 11 is 0. The maximum absolute atomic E-state index is 12.3. The second kappa shape index (κ2) is 9.40. The number of nitrogens with one attached hydrogen (secondary N) is 2. The number of anilines is 2. The highest BCUT2D eigenvalue weighted by Gasteiger charge is 2.14. The minimum atomic E-state index is -3.68. The van der Waals surface area contributed by atoms with Gasteiger partial charge in [0.15, 0.2) is 5.75 Å². The van der Waals surface area contributed by atoms with Gasteiger partial charge in [-0.2, -0.15) is 5.10 Å². The average molecular weight is 466 g/mol. The summed E-state index contributed by atoms with van der Waals surface area (Å²) in [6, 6.07) is 10.4. The largest absolute Gasteiger partial charge is 0.419 e. The predicted molar refractivity (Wildman–Crippen MR) is 119 cm³/mol. The van der Waals surface area contributed by atoms with Gasteiger partial charge in [0.05, 0.1) is 23.8 Å². The van der Waals surface area contributed by atoms with Crippen LogP contribution in [0.1, 0.15) is 5.56 Å². The van der Waals surface area contributed by atoms with Crippen LogP contribution >= 0.6 is 0 Å². The van der Waals surface area contributed by atoms with Gasteiger partial charge in [0.2, 0.25) is 21.9 Å². The van der Waals surface area contributed by atoms with Crippen LogP contribution in [0.2, 0.25) is 0 Å². The van der Waals surface area contributed by atoms with E-state index in [0.717, 1.165) is 0 Å². The standard InChI is InChI=1S/C20H18N8O4S/c1-28-12-16(11-24-28)32-20(29)26-19-21-8-7-17(25-19)15-9-22-18(23-10-15)27-33(30,31)13-14-5-3-2-4-6-14/h2-12H,13H2,1H3,(H,22,23,27)(H,21,25,26,29). The van der Waals surface area contributed by atoms with Crippen molar-refractivity contribution in [1.82, 2.24) is 29.7 Å². The van der Waals surface area contributed by atoms with Gasteiger partial charge in [-0.05, 0) is 11.6 Å². The number of amides is 1. The molecule has 1 amide bonds. The van der Waals surface area contributed by atoms with Crippen LogP contribution in [0, 0.1) is 0 Å². The van der Waals surface area contributed by atoms with Crippen molar-refractivity contribution in [3.05, 3.63) is 72.9 Å². The lowest BCUT2D eigenvalue weighted by molar-refractivity contribution is 0.215. The molecule has 0 saturated carbocycles. The first-order valence-electron chi connectivity index (χ1n) is 9.54. The minimum absolute atomic E-state index is 0.00836. The molecule has 3 heterocycles. The number of benzene rings is 1. The van der Waals surface area contributed by atoms with Crippen molar-refractivity contribution in [2.45, 2.75) is 5.75 Å². The number of hydrogen-bond acceptors (Lipinski definition) is 9. The van der Waals surface area contributed by atoms with Crippen molar-refractivity contribution in [2.24, 2.45) is 7.05 Å². The fraction of sp³-hybridized carbons (Fsp3) is 0.100. The van der Waals surface area contributed by atoms with E-state index in [9.17, 15) is 13.2 Å². The summed E-state index contributed by atoms with van der Waals surface area (Å²) in [5, 5.41) is 6.33. The summed E-state index contributed by atoms with van der Waals surface area (Å²) in [7, 11) is -1.98. The minimum Gasteiger partial charge on any atom is -0.407 e. The molecule has 2 N–H and O–H groups in total. The summed E-state index contributed by atoms with van der Waals surface area (Å²) in [6.07, 6.45) is 6.41. The molecule has 0 aliphatic rings. The van der Waals surface area contributed by atoms with E-state index in [1.54, 1.807) is 37.4 Å². The molecule has 0 fully saturated rings. The molecule has 168 valence electrons. The molecule has 0 aliphatic heterocycles. The number of aryl methyl sites for hydroxylation is 1. The van der Waals surface area contributed by atoms with Gasteiger partial charge >= 0.3 is 6.09 Å². The quantitative estimate of drug-likeness (QED) is 0.417. The fourth-order valence-electron chi connectivity index (χ4n) is 2.74. The Morgan fingerprint density at radius 3 is 2.48 bits per heavy atom. The smallest absolute Gasteiger partial charge is 0.407 e. The van der Waals surface area contributed by atoms with Gasteiger partial charge in [0.1, 0.15) is 0 Å². The maximum atomic E-state index is 12.3. The van der Waals surface area contributed by atoms with E-state index in [1.807, 2.05) is 6.07 Å². The average Bonchev–Trinajstić information content (AvgIpc) is 3.18. The molecule has 0 saturated heterocycles. The topological polar surface area (TPSA) is 154 Å². The van der Waals surface area contributed by atoms with Crippen molar-refractivity contribution in [1.29, 1.82) is 0 Å². The number of aromatic nitrogens is 6. The Balaban J connectivity index is 1.40. The molecular weight excluding hydrogens is 448 g/mol. The van der Waals surface area contributed by atoms with Gasteiger partial charge in [-0.25, -0.2) is 33.1 Å². The summed E-state index contributed by atoms with van der Waals surface area (Å²) < 4.78 is 33.6. The third-order valence-electron chi connectivity index (χ3n) is 4.16. The monoisotopic (exact) mass is 466 g/mol. The molecule has 4 rings (SSSR count). The van der Waals surface area contributed by atoms with Crippen LogP contribution in [0.5, 0.6) is 5.75 Å². The zero-order chi connectivity index (χ0) is 23.3. The lowest BCUT2D eigenvalue weighted by Gasteiger charge is -2.08. The molecule has 0 bridgehead atoms. The van der Waals surface area contributed by atoms with Crippen molar-refractivity contribution >= 4 is 28.0 Å². The van der Waals surface area contributed by atoms with E-state index in [-0.39, 0.29) is 23.4 Å². The summed E-state index contributed by atoms with van der Waals surface area (Å²) in [5.74, 6) is 0.00991. The maximum Gasteiger partial charge on any atom is 0.419 e. The Kier molecular flexibility index (Phi) is 6.22. The molecule has 0 aliphatic carbocycles. The van der Waals surface area contributed by atoms with E-state index >= 15 is 0 Å². The van der Waals surface area contributed by atoms with Crippen LogP contribution in [-0.4, -0.2) is 44.2 Å². The molecule has 0 unspecified atom stereocenters. The van der Waals surface area contributed by atoms with Crippen molar-refractivity contribution < 1.29 is 17.9 Å². The third kappa shape index (κ3) is 6.07. The molecule has 4 aromatic rings. The number of hydrogen-bond donors (Lipinski definition) is 2. The molecule has 12 nitrogen and oxygen atoms in total. The first-order valence-corrected chi connectivity index (χ1v) is 11.2. The number of carbonyl (C=O) groups is 1. The fourth-order valence-corrected chi connectivity index (χ4v) is 3.82. The Morgan fingerprint density at radius 1 is 1.03 bits per heavy atom. The van der Waals surface area contributed by atoms with Crippen LogP contribution in [0.3, 0.4) is 0 Å². The first-order chi connectivity index (χ1) is 15.9. The molecule has 1 aromatic carbocycles. The van der Waals surface area contributed by atoms with Crippen molar-refractivity contribution in [2.75, 3.05) is 10.0 Å². The number of carbonyl (C=O) groups excluding carboxylic acids is 1. The predicted octanol–water partition coefficient (Wildman–Crippen LogP) is 2.22. The van der Waals surface area contributed by atoms with Crippen LogP contribution in [0.4, 0.5) is 16.7 Å². The van der Waals surface area contributed by atoms with E-state index in [4.69, 9.17) is 4.74 Å². The van der Waals surface area contributed by atoms with E-state index in [0.29, 0.717) is 16.8 Å².